The zero-order valence-corrected chi connectivity index (χ0v) is 11.2. The summed E-state index contributed by atoms with van der Waals surface area (Å²) in [4.78, 5) is 0. The van der Waals surface area contributed by atoms with Crippen molar-refractivity contribution >= 4 is 10.8 Å². The minimum atomic E-state index is 0.371. The Hall–Kier alpha value is -1.60. The van der Waals surface area contributed by atoms with Gasteiger partial charge in [-0.2, -0.15) is 0 Å². The van der Waals surface area contributed by atoms with Gasteiger partial charge in [0.15, 0.2) is 0 Å². The largest absolute Gasteiger partial charge is 0.310 e. The first kappa shape index (κ1) is 12.8. The molecule has 1 unspecified atom stereocenters. The normalized spacial score (nSPS) is 12.6. The zero-order valence-electron chi connectivity index (χ0n) is 11.2. The molecule has 18 heavy (non-hydrogen) atoms. The lowest BCUT2D eigenvalue weighted by Crippen LogP contribution is -2.31. The molecule has 0 aliphatic rings. The predicted molar refractivity (Wildman–Crippen MR) is 79.9 cm³/mol. The molecule has 94 valence electrons. The Kier molecular flexibility index (Phi) is 4.16. The molecule has 0 spiro atoms. The van der Waals surface area contributed by atoms with Crippen LogP contribution in [0.25, 0.3) is 10.8 Å². The van der Waals surface area contributed by atoms with Crippen LogP contribution in [0.2, 0.25) is 0 Å². The van der Waals surface area contributed by atoms with E-state index in [1.165, 1.54) is 21.9 Å². The number of hydrogen-bond acceptors (Lipinski definition) is 1. The lowest BCUT2D eigenvalue weighted by molar-refractivity contribution is 0.588. The molecular formula is C17H21N. The van der Waals surface area contributed by atoms with Gasteiger partial charge in [0, 0.05) is 6.04 Å². The highest BCUT2D eigenvalue weighted by molar-refractivity contribution is 5.83. The van der Waals surface area contributed by atoms with Crippen LogP contribution in [0, 0.1) is 0 Å². The molecule has 2 aromatic rings. The Labute approximate surface area is 110 Å². The van der Waals surface area contributed by atoms with Crippen molar-refractivity contribution in [2.75, 3.05) is 6.54 Å². The molecule has 1 N–H and O–H groups in total. The maximum atomic E-state index is 4.07. The van der Waals surface area contributed by atoms with E-state index in [2.05, 4.69) is 68.2 Å². The van der Waals surface area contributed by atoms with Crippen molar-refractivity contribution in [1.82, 2.24) is 5.32 Å². The Bertz CT molecular complexity index is 542. The third-order valence-corrected chi connectivity index (χ3v) is 3.30. The van der Waals surface area contributed by atoms with E-state index in [4.69, 9.17) is 0 Å². The van der Waals surface area contributed by atoms with Crippen molar-refractivity contribution < 1.29 is 0 Å². The molecule has 0 aliphatic heterocycles. The topological polar surface area (TPSA) is 12.0 Å². The van der Waals surface area contributed by atoms with Gasteiger partial charge in [-0.25, -0.2) is 0 Å². The summed E-state index contributed by atoms with van der Waals surface area (Å²) in [7, 11) is 0. The van der Waals surface area contributed by atoms with E-state index in [1.807, 2.05) is 0 Å². The van der Waals surface area contributed by atoms with Crippen LogP contribution in [0.1, 0.15) is 19.4 Å². The predicted octanol–water partition coefficient (Wildman–Crippen LogP) is 3.94. The Morgan fingerprint density at radius 2 is 1.89 bits per heavy atom. The quantitative estimate of drug-likeness (QED) is 0.779. The molecule has 0 fully saturated rings. The summed E-state index contributed by atoms with van der Waals surface area (Å²) in [5, 5.41) is 6.09. The van der Waals surface area contributed by atoms with Crippen LogP contribution >= 0.6 is 0 Å². The summed E-state index contributed by atoms with van der Waals surface area (Å²) < 4.78 is 0. The Balaban J connectivity index is 2.22. The van der Waals surface area contributed by atoms with E-state index in [0.717, 1.165) is 13.0 Å². The third-order valence-electron chi connectivity index (χ3n) is 3.30. The van der Waals surface area contributed by atoms with Gasteiger partial charge in [-0.3, -0.25) is 0 Å². The van der Waals surface area contributed by atoms with Gasteiger partial charge in [-0.15, -0.1) is 0 Å². The number of rotatable bonds is 5. The van der Waals surface area contributed by atoms with Crippen LogP contribution in [0.5, 0.6) is 0 Å². The fourth-order valence-electron chi connectivity index (χ4n) is 2.27. The van der Waals surface area contributed by atoms with E-state index < -0.39 is 0 Å². The number of fused-ring (bicyclic) bond motifs is 1. The molecule has 0 amide bonds. The van der Waals surface area contributed by atoms with Crippen LogP contribution in [0.3, 0.4) is 0 Å². The number of hydrogen-bond donors (Lipinski definition) is 1. The third kappa shape index (κ3) is 2.99. The first-order valence-electron chi connectivity index (χ1n) is 6.57. The van der Waals surface area contributed by atoms with Gasteiger partial charge in [0.05, 0.1) is 0 Å². The van der Waals surface area contributed by atoms with Crippen molar-refractivity contribution in [3.8, 4) is 0 Å². The van der Waals surface area contributed by atoms with E-state index in [9.17, 15) is 0 Å². The SMILES string of the molecule is C=C(C)C(Cc1ccc2ccccc2c1)NCC. The lowest BCUT2D eigenvalue weighted by Gasteiger charge is -2.18. The van der Waals surface area contributed by atoms with Gasteiger partial charge in [-0.05, 0) is 36.2 Å². The van der Waals surface area contributed by atoms with Crippen LogP contribution < -0.4 is 5.32 Å². The van der Waals surface area contributed by atoms with Gasteiger partial charge in [0.2, 0.25) is 0 Å². The van der Waals surface area contributed by atoms with E-state index in [1.54, 1.807) is 0 Å². The first-order chi connectivity index (χ1) is 8.70. The second-order valence-electron chi connectivity index (χ2n) is 4.84. The summed E-state index contributed by atoms with van der Waals surface area (Å²) in [5.41, 5.74) is 2.56. The molecule has 2 aromatic carbocycles. The minimum Gasteiger partial charge on any atom is -0.310 e. The molecule has 0 bridgehead atoms. The molecule has 1 heteroatoms. The molecular weight excluding hydrogens is 218 g/mol. The summed E-state index contributed by atoms with van der Waals surface area (Å²) >= 11 is 0. The smallest absolute Gasteiger partial charge is 0.0314 e. The number of nitrogens with one attached hydrogen (secondary N) is 1. The van der Waals surface area contributed by atoms with E-state index in [0.29, 0.717) is 6.04 Å². The van der Waals surface area contributed by atoms with Crippen molar-refractivity contribution in [2.24, 2.45) is 0 Å². The molecule has 0 saturated heterocycles. The molecule has 1 nitrogen and oxygen atoms in total. The van der Waals surface area contributed by atoms with Crippen molar-refractivity contribution in [3.05, 3.63) is 60.2 Å². The van der Waals surface area contributed by atoms with Gasteiger partial charge in [0.1, 0.15) is 0 Å². The van der Waals surface area contributed by atoms with Gasteiger partial charge >= 0.3 is 0 Å². The van der Waals surface area contributed by atoms with Crippen molar-refractivity contribution in [3.63, 3.8) is 0 Å². The minimum absolute atomic E-state index is 0.371. The molecule has 1 atom stereocenters. The maximum Gasteiger partial charge on any atom is 0.0314 e. The average Bonchev–Trinajstić information content (AvgIpc) is 2.38. The highest BCUT2D eigenvalue weighted by atomic mass is 14.9. The molecule has 0 heterocycles. The fraction of sp³-hybridized carbons (Fsp3) is 0.294. The maximum absolute atomic E-state index is 4.07. The highest BCUT2D eigenvalue weighted by Crippen LogP contribution is 2.17. The number of benzene rings is 2. The van der Waals surface area contributed by atoms with Gasteiger partial charge in [-0.1, -0.05) is 61.5 Å². The summed E-state index contributed by atoms with van der Waals surface area (Å²) in [6.45, 7) is 9.27. The summed E-state index contributed by atoms with van der Waals surface area (Å²) in [6.07, 6.45) is 1.01. The molecule has 0 aromatic heterocycles. The Morgan fingerprint density at radius 3 is 2.56 bits per heavy atom. The van der Waals surface area contributed by atoms with Crippen LogP contribution in [0.4, 0.5) is 0 Å². The van der Waals surface area contributed by atoms with Crippen molar-refractivity contribution in [1.29, 1.82) is 0 Å². The summed E-state index contributed by atoms with van der Waals surface area (Å²) in [5.74, 6) is 0. The van der Waals surface area contributed by atoms with E-state index in [-0.39, 0.29) is 0 Å². The molecule has 0 aliphatic carbocycles. The Morgan fingerprint density at radius 1 is 1.17 bits per heavy atom. The van der Waals surface area contributed by atoms with Crippen LogP contribution in [-0.4, -0.2) is 12.6 Å². The second kappa shape index (κ2) is 5.83. The summed E-state index contributed by atoms with van der Waals surface area (Å²) in [6, 6.07) is 15.6. The van der Waals surface area contributed by atoms with Crippen LogP contribution in [-0.2, 0) is 6.42 Å². The average molecular weight is 239 g/mol. The van der Waals surface area contributed by atoms with Crippen LogP contribution in [0.15, 0.2) is 54.6 Å². The standard InChI is InChI=1S/C17H21N/c1-4-18-17(13(2)3)12-14-9-10-15-7-5-6-8-16(15)11-14/h5-11,17-18H,2,4,12H2,1,3H3. The first-order valence-corrected chi connectivity index (χ1v) is 6.57. The zero-order chi connectivity index (χ0) is 13.0. The van der Waals surface area contributed by atoms with Crippen molar-refractivity contribution in [2.45, 2.75) is 26.3 Å². The highest BCUT2D eigenvalue weighted by Gasteiger charge is 2.08. The molecule has 0 saturated carbocycles. The lowest BCUT2D eigenvalue weighted by atomic mass is 9.98. The fourth-order valence-corrected chi connectivity index (χ4v) is 2.27. The van der Waals surface area contributed by atoms with E-state index >= 15 is 0 Å². The molecule has 0 radical (unpaired) electrons. The molecule has 2 rings (SSSR count). The van der Waals surface area contributed by atoms with Gasteiger partial charge < -0.3 is 5.32 Å². The van der Waals surface area contributed by atoms with Gasteiger partial charge in [0.25, 0.3) is 0 Å². The monoisotopic (exact) mass is 239 g/mol. The second-order valence-corrected chi connectivity index (χ2v) is 4.84. The number of likely N-dealkylation sites (N-methyl/N-ethyl adjacent to an activating group) is 1.